The average Bonchev–Trinajstić information content (AvgIpc) is 2.22. The molecule has 2 unspecified atom stereocenters. The number of hydrogen-bond acceptors (Lipinski definition) is 4. The number of aliphatic hydroxyl groups excluding tert-OH is 1. The second kappa shape index (κ2) is 16.0. The summed E-state index contributed by atoms with van der Waals surface area (Å²) < 4.78 is 22.2. The summed E-state index contributed by atoms with van der Waals surface area (Å²) in [6.45, 7) is 2.60. The minimum Gasteiger partial charge on any atom is -0.396 e. The van der Waals surface area contributed by atoms with Gasteiger partial charge < -0.3 is 5.11 Å². The molecular weight excluding hydrogens is 266 g/mol. The first kappa shape index (κ1) is 19.4. The second-order valence-electron chi connectivity index (χ2n) is 3.40. The van der Waals surface area contributed by atoms with Gasteiger partial charge in [0, 0.05) is 15.7 Å². The number of hydrogen-bond donors (Lipinski definition) is 3. The lowest BCUT2D eigenvalue weighted by molar-refractivity contribution is 0.282. The zero-order chi connectivity index (χ0) is 13.5. The Kier molecular flexibility index (Phi) is 18.3. The molecule has 0 spiro atoms. The Balaban J connectivity index is 0. The van der Waals surface area contributed by atoms with E-state index in [2.05, 4.69) is 11.2 Å². The van der Waals surface area contributed by atoms with Crippen LogP contribution in [0, 0.1) is 0 Å². The smallest absolute Gasteiger partial charge is 0.396 e. The van der Waals surface area contributed by atoms with Crippen LogP contribution in [0.15, 0.2) is 0 Å². The molecule has 0 aromatic heterocycles. The molecule has 0 bridgehead atoms. The highest BCUT2D eigenvalue weighted by molar-refractivity contribution is 7.46. The van der Waals surface area contributed by atoms with E-state index in [0.29, 0.717) is 6.61 Å². The maximum atomic E-state index is 9.39. The van der Waals surface area contributed by atoms with E-state index in [9.17, 15) is 9.13 Å². The SMILES string of the molecule is CCCCCCCCCO.O=[P+](O)O[P+](=O)O. The van der Waals surface area contributed by atoms with E-state index in [1.165, 1.54) is 38.5 Å². The molecule has 3 N–H and O–H groups in total. The summed E-state index contributed by atoms with van der Waals surface area (Å²) in [5.41, 5.74) is 0. The van der Waals surface area contributed by atoms with Crippen LogP contribution in [0.5, 0.6) is 0 Å². The summed E-state index contributed by atoms with van der Waals surface area (Å²) in [5.74, 6) is 0. The maximum Gasteiger partial charge on any atom is 0.745 e. The number of aliphatic hydroxyl groups is 1. The minimum atomic E-state index is -2.92. The van der Waals surface area contributed by atoms with Gasteiger partial charge in [0.15, 0.2) is 4.31 Å². The fourth-order valence-corrected chi connectivity index (χ4v) is 1.61. The highest BCUT2D eigenvalue weighted by Crippen LogP contribution is 2.30. The van der Waals surface area contributed by atoms with Crippen LogP contribution < -0.4 is 0 Å². The van der Waals surface area contributed by atoms with Crippen LogP contribution in [-0.2, 0) is 13.4 Å². The summed E-state index contributed by atoms with van der Waals surface area (Å²) in [4.78, 5) is 15.3. The molecule has 0 aromatic carbocycles. The van der Waals surface area contributed by atoms with E-state index in [1.807, 2.05) is 0 Å². The highest BCUT2D eigenvalue weighted by Gasteiger charge is 2.31. The third-order valence-electron chi connectivity index (χ3n) is 1.90. The molecule has 2 atom stereocenters. The van der Waals surface area contributed by atoms with Gasteiger partial charge in [0.1, 0.15) is 0 Å². The predicted octanol–water partition coefficient (Wildman–Crippen LogP) is 3.03. The maximum absolute atomic E-state index is 9.39. The van der Waals surface area contributed by atoms with Crippen molar-refractivity contribution in [1.29, 1.82) is 0 Å². The van der Waals surface area contributed by atoms with Crippen molar-refractivity contribution in [2.45, 2.75) is 51.9 Å². The summed E-state index contributed by atoms with van der Waals surface area (Å²) in [5, 5.41) is 8.47. The van der Waals surface area contributed by atoms with Gasteiger partial charge in [-0.3, -0.25) is 0 Å². The fourth-order valence-electron chi connectivity index (χ4n) is 1.13. The van der Waals surface area contributed by atoms with E-state index in [-0.39, 0.29) is 0 Å². The van der Waals surface area contributed by atoms with Gasteiger partial charge >= 0.3 is 16.5 Å². The van der Waals surface area contributed by atoms with Crippen molar-refractivity contribution in [2.24, 2.45) is 0 Å². The van der Waals surface area contributed by atoms with Gasteiger partial charge in [-0.25, -0.2) is 0 Å². The average molecular weight is 288 g/mol. The van der Waals surface area contributed by atoms with Gasteiger partial charge in [-0.1, -0.05) is 45.4 Å². The largest absolute Gasteiger partial charge is 0.745 e. The quantitative estimate of drug-likeness (QED) is 0.445. The van der Waals surface area contributed by atoms with Crippen molar-refractivity contribution in [3.05, 3.63) is 0 Å². The summed E-state index contributed by atoms with van der Waals surface area (Å²) in [7, 11) is -5.85. The lowest BCUT2D eigenvalue weighted by atomic mass is 10.1. The van der Waals surface area contributed by atoms with E-state index >= 15 is 0 Å². The van der Waals surface area contributed by atoms with Crippen molar-refractivity contribution in [3.8, 4) is 0 Å². The van der Waals surface area contributed by atoms with E-state index in [0.717, 1.165) is 6.42 Å². The van der Waals surface area contributed by atoms with Crippen molar-refractivity contribution >= 4 is 16.5 Å². The van der Waals surface area contributed by atoms with Gasteiger partial charge in [0.25, 0.3) is 0 Å². The molecule has 8 heteroatoms. The van der Waals surface area contributed by atoms with Crippen LogP contribution in [-0.4, -0.2) is 21.5 Å². The molecular formula is C9H22O6P2+2. The Morgan fingerprint density at radius 2 is 1.29 bits per heavy atom. The molecule has 0 saturated heterocycles. The molecule has 102 valence electrons. The second-order valence-corrected chi connectivity index (χ2v) is 5.01. The Bertz CT molecular complexity index is 180. The molecule has 0 heterocycles. The van der Waals surface area contributed by atoms with Gasteiger partial charge in [0.05, 0.1) is 0 Å². The first-order chi connectivity index (χ1) is 8.04. The van der Waals surface area contributed by atoms with Crippen molar-refractivity contribution in [3.63, 3.8) is 0 Å². The number of rotatable bonds is 9. The van der Waals surface area contributed by atoms with Gasteiger partial charge in [0.2, 0.25) is 0 Å². The van der Waals surface area contributed by atoms with E-state index < -0.39 is 16.5 Å². The molecule has 0 rings (SSSR count). The zero-order valence-electron chi connectivity index (χ0n) is 10.1. The third-order valence-corrected chi connectivity index (χ3v) is 3.02. The third kappa shape index (κ3) is 25.9. The minimum absolute atomic E-state index is 0.369. The van der Waals surface area contributed by atoms with Gasteiger partial charge in [-0.2, -0.15) is 0 Å². The van der Waals surface area contributed by atoms with Gasteiger partial charge in [-0.05, 0) is 6.42 Å². The molecule has 0 amide bonds. The summed E-state index contributed by atoms with van der Waals surface area (Å²) in [6.07, 6.45) is 8.93. The topological polar surface area (TPSA) is 104 Å². The lowest BCUT2D eigenvalue weighted by Crippen LogP contribution is -1.83. The van der Waals surface area contributed by atoms with Crippen molar-refractivity contribution < 1.29 is 28.3 Å². The Morgan fingerprint density at radius 1 is 0.882 bits per heavy atom. The Labute approximate surface area is 104 Å². The van der Waals surface area contributed by atoms with Crippen molar-refractivity contribution in [1.82, 2.24) is 0 Å². The molecule has 0 aliphatic heterocycles. The molecule has 0 aromatic rings. The molecule has 0 fully saturated rings. The Morgan fingerprint density at radius 3 is 1.59 bits per heavy atom. The highest BCUT2D eigenvalue weighted by atomic mass is 31.2. The summed E-state index contributed by atoms with van der Waals surface area (Å²) >= 11 is 0. The van der Waals surface area contributed by atoms with Crippen LogP contribution >= 0.6 is 16.5 Å². The van der Waals surface area contributed by atoms with Crippen LogP contribution in [0.4, 0.5) is 0 Å². The zero-order valence-corrected chi connectivity index (χ0v) is 11.9. The number of unbranched alkanes of at least 4 members (excludes halogenated alkanes) is 6. The predicted molar refractivity (Wildman–Crippen MR) is 65.8 cm³/mol. The molecule has 0 aliphatic carbocycles. The summed E-state index contributed by atoms with van der Waals surface area (Å²) in [6, 6.07) is 0. The van der Waals surface area contributed by atoms with Crippen LogP contribution in [0.25, 0.3) is 0 Å². The normalized spacial score (nSPS) is 11.5. The molecule has 0 saturated carbocycles. The first-order valence-electron chi connectivity index (χ1n) is 5.65. The molecule has 17 heavy (non-hydrogen) atoms. The van der Waals surface area contributed by atoms with Crippen LogP contribution in [0.3, 0.4) is 0 Å². The fraction of sp³-hybridized carbons (Fsp3) is 1.00. The van der Waals surface area contributed by atoms with Gasteiger partial charge in [-0.15, -0.1) is 9.79 Å². The monoisotopic (exact) mass is 288 g/mol. The molecule has 6 nitrogen and oxygen atoms in total. The molecule has 0 aliphatic rings. The standard InChI is InChI=1S/C9H20O.O5P2/c1-2-3-4-5-6-7-8-9-10;1-6(2)5-7(3)4/h10H,2-9H2,1H3;/p+2. The van der Waals surface area contributed by atoms with E-state index in [1.54, 1.807) is 0 Å². The first-order valence-corrected chi connectivity index (χ1v) is 7.91. The molecule has 0 radical (unpaired) electrons. The van der Waals surface area contributed by atoms with E-state index in [4.69, 9.17) is 14.9 Å². The van der Waals surface area contributed by atoms with Crippen molar-refractivity contribution in [2.75, 3.05) is 6.61 Å². The Hall–Kier alpha value is 0.0400. The van der Waals surface area contributed by atoms with Crippen LogP contribution in [0.1, 0.15) is 51.9 Å². The van der Waals surface area contributed by atoms with Crippen LogP contribution in [0.2, 0.25) is 0 Å². The lowest BCUT2D eigenvalue weighted by Gasteiger charge is -1.97.